The van der Waals surface area contributed by atoms with Crippen molar-refractivity contribution < 1.29 is 19.4 Å². The van der Waals surface area contributed by atoms with Gasteiger partial charge in [0.15, 0.2) is 0 Å². The molecule has 0 saturated carbocycles. The molecule has 0 atom stereocenters. The van der Waals surface area contributed by atoms with Gasteiger partial charge in [0.25, 0.3) is 5.82 Å². The zero-order valence-electron chi connectivity index (χ0n) is 9.70. The van der Waals surface area contributed by atoms with E-state index in [0.29, 0.717) is 10.2 Å². The van der Waals surface area contributed by atoms with Crippen molar-refractivity contribution in [3.8, 4) is 5.69 Å². The maximum Gasteiger partial charge on any atom is 0.377 e. The highest BCUT2D eigenvalue weighted by molar-refractivity contribution is 9.10. The Kier molecular flexibility index (Phi) is 3.61. The highest BCUT2D eigenvalue weighted by Gasteiger charge is 2.14. The van der Waals surface area contributed by atoms with Gasteiger partial charge in [-0.15, -0.1) is 5.10 Å². The Balaban J connectivity index is 2.39. The van der Waals surface area contributed by atoms with Crippen molar-refractivity contribution in [3.63, 3.8) is 0 Å². The van der Waals surface area contributed by atoms with E-state index in [4.69, 9.17) is 5.11 Å². The molecule has 2 aromatic rings. The monoisotopic (exact) mass is 325 g/mol. The lowest BCUT2D eigenvalue weighted by molar-refractivity contribution is 0.0586. The van der Waals surface area contributed by atoms with E-state index in [2.05, 4.69) is 30.7 Å². The normalized spacial score (nSPS) is 10.2. The predicted molar refractivity (Wildman–Crippen MR) is 67.4 cm³/mol. The molecule has 1 heterocycles. The van der Waals surface area contributed by atoms with Crippen molar-refractivity contribution >= 4 is 27.9 Å². The molecule has 98 valence electrons. The van der Waals surface area contributed by atoms with Crippen LogP contribution in [-0.2, 0) is 4.74 Å². The Morgan fingerprint density at radius 3 is 2.74 bits per heavy atom. The van der Waals surface area contributed by atoms with E-state index in [0.717, 1.165) is 0 Å². The van der Waals surface area contributed by atoms with Crippen molar-refractivity contribution in [2.75, 3.05) is 7.11 Å². The van der Waals surface area contributed by atoms with Crippen LogP contribution in [0.5, 0.6) is 0 Å². The molecule has 7 nitrogen and oxygen atoms in total. The molecule has 0 aliphatic rings. The Bertz CT molecular complexity index is 653. The van der Waals surface area contributed by atoms with Crippen LogP contribution in [0.25, 0.3) is 5.69 Å². The largest absolute Gasteiger partial charge is 0.478 e. The standard InChI is InChI=1S/C11H8BrN3O4/c1-19-11(18)9-13-5-15(14-9)8-3-2-6(10(16)17)4-7(8)12/h2-5H,1H3,(H,16,17). The molecule has 0 saturated heterocycles. The van der Waals surface area contributed by atoms with Gasteiger partial charge in [-0.1, -0.05) is 0 Å². The number of carbonyl (C=O) groups excluding carboxylic acids is 1. The van der Waals surface area contributed by atoms with Crippen LogP contribution in [0, 0.1) is 0 Å². The number of hydrogen-bond donors (Lipinski definition) is 1. The second kappa shape index (κ2) is 5.19. The summed E-state index contributed by atoms with van der Waals surface area (Å²) in [5.41, 5.74) is 0.705. The van der Waals surface area contributed by atoms with Gasteiger partial charge < -0.3 is 9.84 Å². The highest BCUT2D eigenvalue weighted by atomic mass is 79.9. The molecule has 0 unspecified atom stereocenters. The molecule has 1 aromatic carbocycles. The maximum absolute atomic E-state index is 11.2. The Labute approximate surface area is 116 Å². The molecule has 0 fully saturated rings. The van der Waals surface area contributed by atoms with Gasteiger partial charge in [0.2, 0.25) is 0 Å². The molecule has 0 aliphatic heterocycles. The minimum atomic E-state index is -1.03. The number of aromatic carboxylic acids is 1. The molecule has 0 amide bonds. The number of nitrogens with zero attached hydrogens (tertiary/aromatic N) is 3. The van der Waals surface area contributed by atoms with Crippen LogP contribution in [0.1, 0.15) is 21.0 Å². The Hall–Kier alpha value is -2.22. The first-order valence-corrected chi connectivity index (χ1v) is 5.85. The van der Waals surface area contributed by atoms with Gasteiger partial charge in [0, 0.05) is 4.47 Å². The molecular formula is C11H8BrN3O4. The molecule has 0 bridgehead atoms. The minimum Gasteiger partial charge on any atom is -0.478 e. The average molecular weight is 326 g/mol. The van der Waals surface area contributed by atoms with Gasteiger partial charge in [-0.05, 0) is 34.1 Å². The number of hydrogen-bond acceptors (Lipinski definition) is 5. The van der Waals surface area contributed by atoms with E-state index < -0.39 is 11.9 Å². The van der Waals surface area contributed by atoms with E-state index >= 15 is 0 Å². The zero-order chi connectivity index (χ0) is 14.0. The van der Waals surface area contributed by atoms with Crippen LogP contribution in [-0.4, -0.2) is 38.9 Å². The van der Waals surface area contributed by atoms with Gasteiger partial charge >= 0.3 is 11.9 Å². The number of rotatable bonds is 3. The highest BCUT2D eigenvalue weighted by Crippen LogP contribution is 2.22. The van der Waals surface area contributed by atoms with E-state index in [-0.39, 0.29) is 11.4 Å². The molecular weight excluding hydrogens is 318 g/mol. The molecule has 0 aliphatic carbocycles. The SMILES string of the molecule is COC(=O)c1ncn(-c2ccc(C(=O)O)cc2Br)n1. The van der Waals surface area contributed by atoms with E-state index in [1.807, 2.05) is 0 Å². The van der Waals surface area contributed by atoms with Crippen LogP contribution >= 0.6 is 15.9 Å². The van der Waals surface area contributed by atoms with Crippen molar-refractivity contribution in [1.82, 2.24) is 14.8 Å². The quantitative estimate of drug-likeness (QED) is 0.859. The van der Waals surface area contributed by atoms with Crippen LogP contribution in [0.2, 0.25) is 0 Å². The summed E-state index contributed by atoms with van der Waals surface area (Å²) in [5, 5.41) is 12.8. The number of carbonyl (C=O) groups is 2. The summed E-state index contributed by atoms with van der Waals surface area (Å²) >= 11 is 3.25. The summed E-state index contributed by atoms with van der Waals surface area (Å²) in [7, 11) is 1.24. The summed E-state index contributed by atoms with van der Waals surface area (Å²) in [5.74, 6) is -1.74. The third-order valence-electron chi connectivity index (χ3n) is 2.30. The fourth-order valence-corrected chi connectivity index (χ4v) is 1.95. The van der Waals surface area contributed by atoms with Crippen molar-refractivity contribution in [1.29, 1.82) is 0 Å². The number of carboxylic acids is 1. The van der Waals surface area contributed by atoms with Crippen LogP contribution in [0.15, 0.2) is 29.0 Å². The van der Waals surface area contributed by atoms with Gasteiger partial charge in [-0.2, -0.15) is 0 Å². The summed E-state index contributed by atoms with van der Waals surface area (Å²) < 4.78 is 6.37. The first-order chi connectivity index (χ1) is 9.02. The number of benzene rings is 1. The Morgan fingerprint density at radius 1 is 1.42 bits per heavy atom. The molecule has 2 rings (SSSR count). The first-order valence-electron chi connectivity index (χ1n) is 5.06. The summed E-state index contributed by atoms with van der Waals surface area (Å²) in [6.45, 7) is 0. The number of halogens is 1. The number of esters is 1. The lowest BCUT2D eigenvalue weighted by Crippen LogP contribution is -2.05. The second-order valence-electron chi connectivity index (χ2n) is 3.48. The topological polar surface area (TPSA) is 94.3 Å². The van der Waals surface area contributed by atoms with Crippen LogP contribution in [0.3, 0.4) is 0 Å². The summed E-state index contributed by atoms with van der Waals surface area (Å²) in [6.07, 6.45) is 1.34. The third kappa shape index (κ3) is 2.63. The van der Waals surface area contributed by atoms with Crippen molar-refractivity contribution in [2.45, 2.75) is 0 Å². The van der Waals surface area contributed by atoms with Gasteiger partial charge in [0.05, 0.1) is 18.4 Å². The van der Waals surface area contributed by atoms with Crippen LogP contribution < -0.4 is 0 Å². The number of ether oxygens (including phenoxy) is 1. The summed E-state index contributed by atoms with van der Waals surface area (Å²) in [6, 6.07) is 4.43. The zero-order valence-corrected chi connectivity index (χ0v) is 11.3. The Morgan fingerprint density at radius 2 is 2.16 bits per heavy atom. The van der Waals surface area contributed by atoms with Gasteiger partial charge in [-0.25, -0.2) is 19.3 Å². The minimum absolute atomic E-state index is 0.0725. The van der Waals surface area contributed by atoms with Gasteiger partial charge in [-0.3, -0.25) is 0 Å². The molecule has 0 spiro atoms. The lowest BCUT2D eigenvalue weighted by Gasteiger charge is -2.04. The van der Waals surface area contributed by atoms with Gasteiger partial charge in [0.1, 0.15) is 6.33 Å². The summed E-state index contributed by atoms with van der Waals surface area (Å²) in [4.78, 5) is 25.9. The molecule has 1 N–H and O–H groups in total. The van der Waals surface area contributed by atoms with E-state index in [1.54, 1.807) is 6.07 Å². The van der Waals surface area contributed by atoms with E-state index in [9.17, 15) is 9.59 Å². The molecule has 0 radical (unpaired) electrons. The predicted octanol–water partition coefficient (Wildman–Crippen LogP) is 1.51. The molecule has 8 heteroatoms. The molecule has 1 aromatic heterocycles. The number of aromatic nitrogens is 3. The van der Waals surface area contributed by atoms with E-state index in [1.165, 1.54) is 30.3 Å². The first kappa shape index (κ1) is 13.2. The third-order valence-corrected chi connectivity index (χ3v) is 2.94. The van der Waals surface area contributed by atoms with Crippen LogP contribution in [0.4, 0.5) is 0 Å². The maximum atomic E-state index is 11.2. The molecule has 19 heavy (non-hydrogen) atoms. The number of methoxy groups -OCH3 is 1. The fourth-order valence-electron chi connectivity index (χ4n) is 1.39. The van der Waals surface area contributed by atoms with Crippen molar-refractivity contribution in [3.05, 3.63) is 40.4 Å². The van der Waals surface area contributed by atoms with Crippen molar-refractivity contribution in [2.24, 2.45) is 0 Å². The number of carboxylic acid groups (broad SMARTS) is 1. The smallest absolute Gasteiger partial charge is 0.377 e. The lowest BCUT2D eigenvalue weighted by atomic mass is 10.2. The second-order valence-corrected chi connectivity index (χ2v) is 4.33. The average Bonchev–Trinajstić information content (AvgIpc) is 2.87. The fraction of sp³-hybridized carbons (Fsp3) is 0.0909.